The van der Waals surface area contributed by atoms with Gasteiger partial charge in [0.15, 0.2) is 11.0 Å². The number of hydrogen-bond donors (Lipinski definition) is 1. The first-order valence-corrected chi connectivity index (χ1v) is 10.2. The third kappa shape index (κ3) is 5.39. The summed E-state index contributed by atoms with van der Waals surface area (Å²) in [7, 11) is 0. The quantitative estimate of drug-likeness (QED) is 0.525. The highest BCUT2D eigenvalue weighted by Gasteiger charge is 2.14. The monoisotopic (exact) mass is 400 g/mol. The topological polar surface area (TPSA) is 82.2 Å². The molecule has 148 valence electrons. The second-order valence-electron chi connectivity index (χ2n) is 6.07. The molecule has 28 heavy (non-hydrogen) atoms. The molecule has 7 nitrogen and oxygen atoms in total. The van der Waals surface area contributed by atoms with Crippen LogP contribution in [0.25, 0.3) is 0 Å². The molecule has 1 N–H and O–H groups in total. The third-order valence-corrected chi connectivity index (χ3v) is 5.15. The van der Waals surface area contributed by atoms with E-state index < -0.39 is 0 Å². The van der Waals surface area contributed by atoms with E-state index in [9.17, 15) is 4.79 Å². The Morgan fingerprint density at radius 2 is 2.04 bits per heavy atom. The van der Waals surface area contributed by atoms with Gasteiger partial charge in [-0.15, -0.1) is 10.2 Å². The molecule has 2 aromatic heterocycles. The molecule has 0 bridgehead atoms. The molecule has 0 unspecified atom stereocenters. The summed E-state index contributed by atoms with van der Waals surface area (Å²) >= 11 is 1.36. The van der Waals surface area contributed by atoms with Crippen molar-refractivity contribution in [3.63, 3.8) is 0 Å². The van der Waals surface area contributed by atoms with Gasteiger partial charge in [-0.25, -0.2) is 0 Å². The number of benzene rings is 1. The summed E-state index contributed by atoms with van der Waals surface area (Å²) in [6.45, 7) is 5.55. The van der Waals surface area contributed by atoms with E-state index in [-0.39, 0.29) is 11.7 Å². The molecule has 0 aliphatic carbocycles. The molecule has 0 fully saturated rings. The number of nitrogens with zero attached hydrogens (tertiary/aromatic N) is 3. The summed E-state index contributed by atoms with van der Waals surface area (Å²) in [6, 6.07) is 11.7. The Morgan fingerprint density at radius 3 is 2.71 bits per heavy atom. The van der Waals surface area contributed by atoms with Gasteiger partial charge in [0.2, 0.25) is 5.91 Å². The lowest BCUT2D eigenvalue weighted by Crippen LogP contribution is -2.24. The number of carbonyl (C=O) groups is 1. The zero-order valence-electron chi connectivity index (χ0n) is 16.1. The highest BCUT2D eigenvalue weighted by molar-refractivity contribution is 7.99. The number of thioether (sulfide) groups is 1. The molecular weight excluding hydrogens is 376 g/mol. The highest BCUT2D eigenvalue weighted by Crippen LogP contribution is 2.19. The SMILES string of the molecule is CCc1ccc(OCc2nnc(SCC(=O)NCc3ccco3)n2CC)cc1. The largest absolute Gasteiger partial charge is 0.486 e. The molecule has 2 heterocycles. The fourth-order valence-electron chi connectivity index (χ4n) is 2.60. The number of furan rings is 1. The van der Waals surface area contributed by atoms with Crippen LogP contribution in [0.3, 0.4) is 0 Å². The van der Waals surface area contributed by atoms with Gasteiger partial charge in [0.25, 0.3) is 0 Å². The average Bonchev–Trinajstić information content (AvgIpc) is 3.38. The predicted octanol–water partition coefficient (Wildman–Crippen LogP) is 3.44. The minimum Gasteiger partial charge on any atom is -0.486 e. The molecule has 0 spiro atoms. The van der Waals surface area contributed by atoms with Crippen molar-refractivity contribution >= 4 is 17.7 Å². The maximum Gasteiger partial charge on any atom is 0.230 e. The number of rotatable bonds is 10. The molecule has 0 aliphatic heterocycles. The Morgan fingerprint density at radius 1 is 1.21 bits per heavy atom. The maximum absolute atomic E-state index is 12.0. The first-order valence-electron chi connectivity index (χ1n) is 9.25. The van der Waals surface area contributed by atoms with Crippen LogP contribution < -0.4 is 10.1 Å². The molecule has 0 atom stereocenters. The standard InChI is InChI=1S/C20H24N4O3S/c1-3-15-7-9-16(10-8-15)27-13-18-22-23-20(24(18)4-2)28-14-19(25)21-12-17-6-5-11-26-17/h5-11H,3-4,12-14H2,1-2H3,(H,21,25). The third-order valence-electron chi connectivity index (χ3n) is 4.18. The van der Waals surface area contributed by atoms with Gasteiger partial charge in [0, 0.05) is 6.54 Å². The van der Waals surface area contributed by atoms with Crippen molar-refractivity contribution in [2.75, 3.05) is 5.75 Å². The number of carbonyl (C=O) groups excluding carboxylic acids is 1. The van der Waals surface area contributed by atoms with Crippen molar-refractivity contribution < 1.29 is 13.9 Å². The van der Waals surface area contributed by atoms with E-state index in [2.05, 4.69) is 34.6 Å². The van der Waals surface area contributed by atoms with Crippen LogP contribution in [0.5, 0.6) is 5.75 Å². The number of nitrogens with one attached hydrogen (secondary N) is 1. The summed E-state index contributed by atoms with van der Waals surface area (Å²) in [4.78, 5) is 12.0. The number of aromatic nitrogens is 3. The number of aryl methyl sites for hydroxylation is 1. The van der Waals surface area contributed by atoms with Gasteiger partial charge in [-0.2, -0.15) is 0 Å². The normalized spacial score (nSPS) is 10.8. The first kappa shape index (κ1) is 20.0. The second kappa shape index (κ2) is 9.98. The van der Waals surface area contributed by atoms with Crippen LogP contribution >= 0.6 is 11.8 Å². The number of hydrogen-bond acceptors (Lipinski definition) is 6. The van der Waals surface area contributed by atoms with Crippen LogP contribution in [0.2, 0.25) is 0 Å². The van der Waals surface area contributed by atoms with Gasteiger partial charge < -0.3 is 19.0 Å². The molecule has 0 saturated heterocycles. The summed E-state index contributed by atoms with van der Waals surface area (Å²) in [6.07, 6.45) is 2.59. The molecule has 1 amide bonds. The molecule has 0 radical (unpaired) electrons. The van der Waals surface area contributed by atoms with Gasteiger partial charge in [-0.05, 0) is 43.2 Å². The minimum atomic E-state index is -0.0825. The van der Waals surface area contributed by atoms with E-state index in [1.807, 2.05) is 29.7 Å². The van der Waals surface area contributed by atoms with Crippen molar-refractivity contribution in [2.45, 2.75) is 45.1 Å². The van der Waals surface area contributed by atoms with Gasteiger partial charge in [-0.3, -0.25) is 4.79 Å². The molecular formula is C20H24N4O3S. The summed E-state index contributed by atoms with van der Waals surface area (Å²) in [5.41, 5.74) is 1.27. The lowest BCUT2D eigenvalue weighted by molar-refractivity contribution is -0.118. The molecule has 0 aliphatic rings. The Hall–Kier alpha value is -2.74. The van der Waals surface area contributed by atoms with Crippen molar-refractivity contribution in [1.29, 1.82) is 0 Å². The highest BCUT2D eigenvalue weighted by atomic mass is 32.2. The average molecular weight is 401 g/mol. The van der Waals surface area contributed by atoms with Crippen molar-refractivity contribution in [2.24, 2.45) is 0 Å². The lowest BCUT2D eigenvalue weighted by Gasteiger charge is -2.09. The molecule has 8 heteroatoms. The predicted molar refractivity (Wildman–Crippen MR) is 107 cm³/mol. The van der Waals surface area contributed by atoms with Crippen molar-refractivity contribution in [3.05, 3.63) is 59.8 Å². The number of amides is 1. The van der Waals surface area contributed by atoms with Crippen molar-refractivity contribution in [1.82, 2.24) is 20.1 Å². The molecule has 1 aromatic carbocycles. The smallest absolute Gasteiger partial charge is 0.230 e. The van der Waals surface area contributed by atoms with Crippen LogP contribution in [0.15, 0.2) is 52.2 Å². The van der Waals surface area contributed by atoms with Gasteiger partial charge in [-0.1, -0.05) is 30.8 Å². The zero-order chi connectivity index (χ0) is 19.8. The van der Waals surface area contributed by atoms with Crippen LogP contribution in [-0.2, 0) is 30.9 Å². The van der Waals surface area contributed by atoms with Gasteiger partial charge >= 0.3 is 0 Å². The van der Waals surface area contributed by atoms with E-state index in [0.29, 0.717) is 24.9 Å². The van der Waals surface area contributed by atoms with E-state index in [1.165, 1.54) is 17.3 Å². The fourth-order valence-corrected chi connectivity index (χ4v) is 3.45. The summed E-state index contributed by atoms with van der Waals surface area (Å²) in [5.74, 6) is 2.44. The van der Waals surface area contributed by atoms with Crippen molar-refractivity contribution in [3.8, 4) is 5.75 Å². The van der Waals surface area contributed by atoms with Crippen LogP contribution in [0.4, 0.5) is 0 Å². The van der Waals surface area contributed by atoms with Crippen LogP contribution in [-0.4, -0.2) is 26.4 Å². The molecule has 0 saturated carbocycles. The number of ether oxygens (including phenoxy) is 1. The van der Waals surface area contributed by atoms with Crippen LogP contribution in [0.1, 0.15) is 31.0 Å². The minimum absolute atomic E-state index is 0.0825. The van der Waals surface area contributed by atoms with E-state index in [4.69, 9.17) is 9.15 Å². The summed E-state index contributed by atoms with van der Waals surface area (Å²) < 4.78 is 13.0. The Bertz CT molecular complexity index is 876. The molecule has 3 rings (SSSR count). The zero-order valence-corrected chi connectivity index (χ0v) is 16.9. The fraction of sp³-hybridized carbons (Fsp3) is 0.350. The lowest BCUT2D eigenvalue weighted by atomic mass is 10.2. The first-order chi connectivity index (χ1) is 13.7. The Labute approximate surface area is 168 Å². The van der Waals surface area contributed by atoms with E-state index in [1.54, 1.807) is 12.3 Å². The Kier molecular flexibility index (Phi) is 7.13. The second-order valence-corrected chi connectivity index (χ2v) is 7.02. The summed E-state index contributed by atoms with van der Waals surface area (Å²) in [5, 5.41) is 12.0. The van der Waals surface area contributed by atoms with E-state index >= 15 is 0 Å². The Balaban J connectivity index is 1.51. The molecule has 3 aromatic rings. The van der Waals surface area contributed by atoms with E-state index in [0.717, 1.165) is 23.8 Å². The van der Waals surface area contributed by atoms with Crippen LogP contribution in [0, 0.1) is 0 Å². The maximum atomic E-state index is 12.0. The van der Waals surface area contributed by atoms with Gasteiger partial charge in [0.05, 0.1) is 18.6 Å². The van der Waals surface area contributed by atoms with Gasteiger partial charge in [0.1, 0.15) is 18.1 Å².